The average molecular weight is 645 g/mol. The summed E-state index contributed by atoms with van der Waals surface area (Å²) < 4.78 is 21.9. The van der Waals surface area contributed by atoms with E-state index in [9.17, 15) is 9.59 Å². The number of nitrogens with zero attached hydrogens (tertiary/aromatic N) is 2. The highest BCUT2D eigenvalue weighted by atomic mass is 16.6. The molecule has 0 heterocycles. The van der Waals surface area contributed by atoms with Crippen LogP contribution < -0.4 is 19.3 Å². The van der Waals surface area contributed by atoms with E-state index in [1.807, 2.05) is 48.5 Å². The van der Waals surface area contributed by atoms with E-state index in [0.29, 0.717) is 36.4 Å². The van der Waals surface area contributed by atoms with Gasteiger partial charge in [0.15, 0.2) is 0 Å². The number of hydrogen-bond donors (Lipinski definition) is 0. The normalized spacial score (nSPS) is 10.3. The van der Waals surface area contributed by atoms with Gasteiger partial charge in [0.25, 0.3) is 0 Å². The van der Waals surface area contributed by atoms with E-state index in [2.05, 4.69) is 32.6 Å². The molecule has 0 atom stereocenters. The lowest BCUT2D eigenvalue weighted by atomic mass is 9.91. The van der Waals surface area contributed by atoms with Crippen LogP contribution in [-0.4, -0.2) is 75.8 Å². The third-order valence-electron chi connectivity index (χ3n) is 6.58. The van der Waals surface area contributed by atoms with Crippen molar-refractivity contribution in [1.29, 1.82) is 0 Å². The molecular formula is C34H48N2O10. The van der Waals surface area contributed by atoms with Crippen LogP contribution >= 0.6 is 0 Å². The maximum atomic E-state index is 13.4. The summed E-state index contributed by atoms with van der Waals surface area (Å²) in [5.74, 6) is 0.873. The smallest absolute Gasteiger partial charge is 0.373 e. The average Bonchev–Trinajstić information content (AvgIpc) is 2.98. The molecule has 0 aliphatic heterocycles. The van der Waals surface area contributed by atoms with Gasteiger partial charge in [0.2, 0.25) is 6.04 Å². The summed E-state index contributed by atoms with van der Waals surface area (Å²) in [6, 6.07) is 14.2. The van der Waals surface area contributed by atoms with Crippen LogP contribution in [0.25, 0.3) is 0 Å². The zero-order chi connectivity index (χ0) is 35.4. The highest BCUT2D eigenvalue weighted by Crippen LogP contribution is 2.29. The highest BCUT2D eigenvalue weighted by Gasteiger charge is 2.38. The first-order chi connectivity index (χ1) is 21.7. The number of hydrogen-bond acceptors (Lipinski definition) is 12. The summed E-state index contributed by atoms with van der Waals surface area (Å²) in [6.45, 7) is 16.8. The molecule has 0 aliphatic carbocycles. The van der Waals surface area contributed by atoms with Crippen LogP contribution in [0.5, 0.6) is 11.5 Å². The summed E-state index contributed by atoms with van der Waals surface area (Å²) >= 11 is 0. The van der Waals surface area contributed by atoms with Gasteiger partial charge in [0.1, 0.15) is 11.5 Å². The van der Waals surface area contributed by atoms with Crippen molar-refractivity contribution in [1.82, 2.24) is 0 Å². The molecule has 0 radical (unpaired) electrons. The van der Waals surface area contributed by atoms with E-state index in [1.54, 1.807) is 46.8 Å². The molecule has 0 amide bonds. The third-order valence-corrected chi connectivity index (χ3v) is 6.58. The van der Waals surface area contributed by atoms with E-state index in [-0.39, 0.29) is 30.6 Å². The standard InChI is InChI=1S/C32H48N2O6.2CO2/c1-21(2)29(22(3)4)33(25-11-15-27(37-9)16-12-25)19-20-34(26-13-17-28(38-10)18-14-26)30(31(35)39-23(5)6)32(36)40-24(7)8;2*2-1-3/h11-18,21-24,29-30H,19-20H2,1-10H3;;. The van der Waals surface area contributed by atoms with Gasteiger partial charge in [-0.1, -0.05) is 27.7 Å². The van der Waals surface area contributed by atoms with E-state index in [4.69, 9.17) is 38.1 Å². The SMILES string of the molecule is COc1ccc(N(CCN(c2ccc(OC)cc2)C(C(C)C)C(C)C)C(C(=O)OC(C)C)C(=O)OC(C)C)cc1.O=C=O.O=C=O. The minimum atomic E-state index is -1.27. The molecule has 12 heteroatoms. The minimum absolute atomic E-state index is 0.204. The first-order valence-electron chi connectivity index (χ1n) is 14.9. The lowest BCUT2D eigenvalue weighted by molar-refractivity contribution is -0.193. The van der Waals surface area contributed by atoms with Crippen molar-refractivity contribution in [3.8, 4) is 11.5 Å². The maximum Gasteiger partial charge on any atom is 0.373 e. The number of carbonyl (C=O) groups is 2. The van der Waals surface area contributed by atoms with E-state index >= 15 is 0 Å². The van der Waals surface area contributed by atoms with Crippen molar-refractivity contribution in [3.05, 3.63) is 48.5 Å². The van der Waals surface area contributed by atoms with E-state index in [0.717, 1.165) is 11.4 Å². The Labute approximate surface area is 271 Å². The van der Waals surface area contributed by atoms with E-state index < -0.39 is 18.0 Å². The molecule has 254 valence electrons. The Morgan fingerprint density at radius 1 is 0.587 bits per heavy atom. The molecule has 0 bridgehead atoms. The van der Waals surface area contributed by atoms with Crippen LogP contribution in [0.1, 0.15) is 55.4 Å². The number of benzene rings is 2. The first kappa shape index (κ1) is 41.3. The summed E-state index contributed by atoms with van der Waals surface area (Å²) in [7, 11) is 3.25. The summed E-state index contributed by atoms with van der Waals surface area (Å²) in [5, 5.41) is 0. The molecule has 0 aromatic heterocycles. The van der Waals surface area contributed by atoms with Crippen LogP contribution in [0.3, 0.4) is 0 Å². The molecule has 12 nitrogen and oxygen atoms in total. The molecular weight excluding hydrogens is 596 g/mol. The maximum absolute atomic E-state index is 13.4. The van der Waals surface area contributed by atoms with Gasteiger partial charge in [-0.3, -0.25) is 0 Å². The largest absolute Gasteiger partial charge is 0.497 e. The fourth-order valence-corrected chi connectivity index (χ4v) is 5.05. The predicted molar refractivity (Wildman–Crippen MR) is 170 cm³/mol. The topological polar surface area (TPSA) is 146 Å². The van der Waals surface area contributed by atoms with Crippen LogP contribution in [0.15, 0.2) is 48.5 Å². The minimum Gasteiger partial charge on any atom is -0.497 e. The Kier molecular flexibility index (Phi) is 19.7. The Balaban J connectivity index is 0.00000312. The summed E-state index contributed by atoms with van der Waals surface area (Å²) in [4.78, 5) is 63.5. The molecule has 0 aliphatic rings. The summed E-state index contributed by atoms with van der Waals surface area (Å²) in [6.07, 6.45) is -0.275. The number of carbonyl (C=O) groups excluding carboxylic acids is 6. The molecule has 0 fully saturated rings. The summed E-state index contributed by atoms with van der Waals surface area (Å²) in [5.41, 5.74) is 1.72. The van der Waals surface area contributed by atoms with Crippen molar-refractivity contribution >= 4 is 35.6 Å². The molecule has 2 rings (SSSR count). The van der Waals surface area contributed by atoms with Crippen molar-refractivity contribution in [2.24, 2.45) is 11.8 Å². The Morgan fingerprint density at radius 2 is 0.891 bits per heavy atom. The van der Waals surface area contributed by atoms with Crippen molar-refractivity contribution < 1.29 is 47.7 Å². The molecule has 2 aromatic carbocycles. The Hall–Kier alpha value is -4.66. The number of rotatable bonds is 15. The van der Waals surface area contributed by atoms with Crippen molar-refractivity contribution in [2.75, 3.05) is 37.1 Å². The molecule has 0 saturated carbocycles. The monoisotopic (exact) mass is 644 g/mol. The molecule has 0 N–H and O–H groups in total. The fraction of sp³-hybridized carbons (Fsp3) is 0.529. The van der Waals surface area contributed by atoms with Crippen molar-refractivity contribution in [2.45, 2.75) is 79.7 Å². The Morgan fingerprint density at radius 3 is 1.17 bits per heavy atom. The first-order valence-corrected chi connectivity index (χ1v) is 14.9. The van der Waals surface area contributed by atoms with Crippen LogP contribution in [0.4, 0.5) is 11.4 Å². The van der Waals surface area contributed by atoms with E-state index in [1.165, 1.54) is 0 Å². The number of methoxy groups -OCH3 is 2. The predicted octanol–water partition coefficient (Wildman–Crippen LogP) is 4.80. The second-order valence-corrected chi connectivity index (χ2v) is 11.3. The fourth-order valence-electron chi connectivity index (χ4n) is 5.05. The zero-order valence-corrected chi connectivity index (χ0v) is 28.5. The van der Waals surface area contributed by atoms with Gasteiger partial charge in [-0.05, 0) is 88.1 Å². The molecule has 46 heavy (non-hydrogen) atoms. The molecule has 0 spiro atoms. The van der Waals surface area contributed by atoms with Gasteiger partial charge in [-0.2, -0.15) is 19.2 Å². The molecule has 0 unspecified atom stereocenters. The van der Waals surface area contributed by atoms with Gasteiger partial charge in [0.05, 0.1) is 26.4 Å². The van der Waals surface area contributed by atoms with Crippen LogP contribution in [0, 0.1) is 11.8 Å². The second-order valence-electron chi connectivity index (χ2n) is 11.3. The van der Waals surface area contributed by atoms with Crippen LogP contribution in [0.2, 0.25) is 0 Å². The van der Waals surface area contributed by atoms with Gasteiger partial charge in [-0.25, -0.2) is 9.59 Å². The lowest BCUT2D eigenvalue weighted by Crippen LogP contribution is -2.53. The Bertz CT molecular complexity index is 1190. The molecule has 0 saturated heterocycles. The molecule has 2 aromatic rings. The van der Waals surface area contributed by atoms with Gasteiger partial charge >= 0.3 is 24.2 Å². The number of ether oxygens (including phenoxy) is 4. The van der Waals surface area contributed by atoms with Crippen molar-refractivity contribution in [3.63, 3.8) is 0 Å². The quantitative estimate of drug-likeness (QED) is 0.194. The lowest BCUT2D eigenvalue weighted by Gasteiger charge is -2.41. The second kappa shape index (κ2) is 21.9. The van der Waals surface area contributed by atoms with Crippen LogP contribution in [-0.2, 0) is 38.2 Å². The van der Waals surface area contributed by atoms with Gasteiger partial charge < -0.3 is 28.7 Å². The number of esters is 2. The zero-order valence-electron chi connectivity index (χ0n) is 28.5. The number of anilines is 2. The third kappa shape index (κ3) is 14.0. The highest BCUT2D eigenvalue weighted by molar-refractivity contribution is 6.02. The van der Waals surface area contributed by atoms with Gasteiger partial charge in [-0.15, -0.1) is 0 Å². The van der Waals surface area contributed by atoms with Gasteiger partial charge in [0, 0.05) is 30.5 Å².